The molecule has 0 saturated carbocycles. The summed E-state index contributed by atoms with van der Waals surface area (Å²) >= 11 is 0. The molecule has 1 atom stereocenters. The average Bonchev–Trinajstić information content (AvgIpc) is 2.15. The van der Waals surface area contributed by atoms with Crippen LogP contribution in [0.2, 0.25) is 0 Å². The van der Waals surface area contributed by atoms with Crippen molar-refractivity contribution in [3.63, 3.8) is 0 Å². The number of ether oxygens (including phenoxy) is 2. The van der Waals surface area contributed by atoms with Crippen molar-refractivity contribution in [3.8, 4) is 5.75 Å². The van der Waals surface area contributed by atoms with Crippen LogP contribution in [0.25, 0.3) is 0 Å². The molecule has 0 aliphatic carbocycles. The molecule has 0 aliphatic heterocycles. The van der Waals surface area contributed by atoms with Gasteiger partial charge in [0.1, 0.15) is 5.75 Å². The molecule has 1 rings (SSSR count). The van der Waals surface area contributed by atoms with E-state index < -0.39 is 6.29 Å². The van der Waals surface area contributed by atoms with Crippen LogP contribution in [-0.2, 0) is 14.9 Å². The van der Waals surface area contributed by atoms with Gasteiger partial charge in [0.15, 0.2) is 0 Å². The maximum Gasteiger partial charge on any atom is 0.305 e. The second-order valence-corrected chi connectivity index (χ2v) is 5.07. The first-order valence-corrected chi connectivity index (χ1v) is 5.73. The highest BCUT2D eigenvalue weighted by molar-refractivity contribution is 5.66. The number of carbonyl (C=O) groups excluding carboxylic acids is 1. The highest BCUT2D eigenvalue weighted by Gasteiger charge is 2.13. The van der Waals surface area contributed by atoms with E-state index in [1.165, 1.54) is 12.5 Å². The van der Waals surface area contributed by atoms with E-state index in [1.54, 1.807) is 6.92 Å². The Morgan fingerprint density at radius 1 is 1.18 bits per heavy atom. The Kier molecular flexibility index (Phi) is 4.16. The van der Waals surface area contributed by atoms with Crippen LogP contribution < -0.4 is 4.74 Å². The number of benzene rings is 1. The zero-order chi connectivity index (χ0) is 13.1. The standard InChI is InChI=1S/C14H20O3/c1-10(15)16-11(2)17-13-8-6-12(7-9-13)14(3,4)5/h6-9,11H,1-5H3. The maximum atomic E-state index is 10.7. The molecule has 1 aromatic rings. The summed E-state index contributed by atoms with van der Waals surface area (Å²) in [7, 11) is 0. The quantitative estimate of drug-likeness (QED) is 0.597. The van der Waals surface area contributed by atoms with Gasteiger partial charge < -0.3 is 9.47 Å². The van der Waals surface area contributed by atoms with Gasteiger partial charge >= 0.3 is 5.97 Å². The number of carbonyl (C=O) groups is 1. The first-order chi connectivity index (χ1) is 7.79. The van der Waals surface area contributed by atoms with Gasteiger partial charge in [-0.05, 0) is 23.1 Å². The number of esters is 1. The summed E-state index contributed by atoms with van der Waals surface area (Å²) in [5, 5.41) is 0. The third kappa shape index (κ3) is 4.47. The Morgan fingerprint density at radius 3 is 2.12 bits per heavy atom. The fourth-order valence-corrected chi connectivity index (χ4v) is 1.48. The zero-order valence-electron chi connectivity index (χ0n) is 11.1. The molecule has 0 saturated heterocycles. The van der Waals surface area contributed by atoms with Crippen LogP contribution in [0.1, 0.15) is 40.2 Å². The molecular formula is C14H20O3. The first-order valence-electron chi connectivity index (χ1n) is 5.73. The van der Waals surface area contributed by atoms with Gasteiger partial charge in [-0.15, -0.1) is 0 Å². The van der Waals surface area contributed by atoms with Crippen LogP contribution in [0.3, 0.4) is 0 Å². The SMILES string of the molecule is CC(=O)OC(C)Oc1ccc(C(C)(C)C)cc1. The van der Waals surface area contributed by atoms with Gasteiger partial charge in [0.25, 0.3) is 0 Å². The van der Waals surface area contributed by atoms with Gasteiger partial charge in [-0.2, -0.15) is 0 Å². The van der Waals surface area contributed by atoms with Crippen molar-refractivity contribution in [1.29, 1.82) is 0 Å². The van der Waals surface area contributed by atoms with E-state index >= 15 is 0 Å². The van der Waals surface area contributed by atoms with E-state index in [2.05, 4.69) is 20.8 Å². The molecule has 3 nitrogen and oxygen atoms in total. The van der Waals surface area contributed by atoms with Crippen molar-refractivity contribution < 1.29 is 14.3 Å². The summed E-state index contributed by atoms with van der Waals surface area (Å²) in [6.45, 7) is 9.53. The van der Waals surface area contributed by atoms with Crippen LogP contribution in [0, 0.1) is 0 Å². The summed E-state index contributed by atoms with van der Waals surface area (Å²) < 4.78 is 10.3. The smallest absolute Gasteiger partial charge is 0.305 e. The third-order valence-electron chi connectivity index (χ3n) is 2.35. The Bertz CT molecular complexity index is 373. The predicted octanol–water partition coefficient (Wildman–Crippen LogP) is 3.27. The van der Waals surface area contributed by atoms with Crippen LogP contribution in [-0.4, -0.2) is 12.3 Å². The third-order valence-corrected chi connectivity index (χ3v) is 2.35. The Labute approximate surface area is 103 Å². The molecule has 17 heavy (non-hydrogen) atoms. The highest BCUT2D eigenvalue weighted by atomic mass is 16.7. The molecule has 0 bridgehead atoms. The second-order valence-electron chi connectivity index (χ2n) is 5.07. The summed E-state index contributed by atoms with van der Waals surface area (Å²) in [4.78, 5) is 10.7. The summed E-state index contributed by atoms with van der Waals surface area (Å²) in [5.74, 6) is 0.357. The van der Waals surface area contributed by atoms with Crippen molar-refractivity contribution in [1.82, 2.24) is 0 Å². The van der Waals surface area contributed by atoms with Crippen molar-refractivity contribution in [2.75, 3.05) is 0 Å². The monoisotopic (exact) mass is 236 g/mol. The summed E-state index contributed by atoms with van der Waals surface area (Å²) in [6, 6.07) is 7.83. The first kappa shape index (κ1) is 13.6. The van der Waals surface area contributed by atoms with Gasteiger partial charge in [0.2, 0.25) is 6.29 Å². The average molecular weight is 236 g/mol. The molecule has 0 fully saturated rings. The van der Waals surface area contributed by atoms with Crippen LogP contribution in [0.5, 0.6) is 5.75 Å². The van der Waals surface area contributed by atoms with E-state index in [1.807, 2.05) is 24.3 Å². The predicted molar refractivity (Wildman–Crippen MR) is 67.0 cm³/mol. The minimum atomic E-state index is -0.562. The molecule has 94 valence electrons. The Hall–Kier alpha value is -1.51. The van der Waals surface area contributed by atoms with Crippen molar-refractivity contribution in [2.45, 2.75) is 46.3 Å². The molecule has 3 heteroatoms. The molecule has 1 aromatic carbocycles. The number of rotatable bonds is 3. The number of hydrogen-bond acceptors (Lipinski definition) is 3. The van der Waals surface area contributed by atoms with E-state index in [0.29, 0.717) is 5.75 Å². The molecule has 0 N–H and O–H groups in total. The fraction of sp³-hybridized carbons (Fsp3) is 0.500. The van der Waals surface area contributed by atoms with Gasteiger partial charge in [-0.3, -0.25) is 4.79 Å². The highest BCUT2D eigenvalue weighted by Crippen LogP contribution is 2.24. The number of hydrogen-bond donors (Lipinski definition) is 0. The molecular weight excluding hydrogens is 216 g/mol. The topological polar surface area (TPSA) is 35.5 Å². The Morgan fingerprint density at radius 2 is 1.71 bits per heavy atom. The van der Waals surface area contributed by atoms with Gasteiger partial charge in [-0.25, -0.2) is 0 Å². The molecule has 1 unspecified atom stereocenters. The molecule has 0 radical (unpaired) electrons. The van der Waals surface area contributed by atoms with Crippen LogP contribution in [0.15, 0.2) is 24.3 Å². The lowest BCUT2D eigenvalue weighted by molar-refractivity contribution is -0.158. The lowest BCUT2D eigenvalue weighted by Crippen LogP contribution is -2.19. The molecule has 0 aromatic heterocycles. The van der Waals surface area contributed by atoms with Gasteiger partial charge in [0, 0.05) is 13.8 Å². The van der Waals surface area contributed by atoms with Crippen molar-refractivity contribution >= 4 is 5.97 Å². The van der Waals surface area contributed by atoms with E-state index in [0.717, 1.165) is 0 Å². The largest absolute Gasteiger partial charge is 0.455 e. The van der Waals surface area contributed by atoms with Crippen LogP contribution in [0.4, 0.5) is 0 Å². The maximum absolute atomic E-state index is 10.7. The van der Waals surface area contributed by atoms with Gasteiger partial charge in [0.05, 0.1) is 0 Å². The van der Waals surface area contributed by atoms with Crippen LogP contribution >= 0.6 is 0 Å². The lowest BCUT2D eigenvalue weighted by atomic mass is 9.87. The van der Waals surface area contributed by atoms with E-state index in [-0.39, 0.29) is 11.4 Å². The summed E-state index contributed by atoms with van der Waals surface area (Å²) in [5.41, 5.74) is 1.37. The Balaban J connectivity index is 2.66. The molecule has 0 heterocycles. The molecule has 0 amide bonds. The normalized spacial score (nSPS) is 13.0. The molecule has 0 aliphatic rings. The minimum Gasteiger partial charge on any atom is -0.455 e. The van der Waals surface area contributed by atoms with Crippen molar-refractivity contribution in [3.05, 3.63) is 29.8 Å². The van der Waals surface area contributed by atoms with E-state index in [4.69, 9.17) is 9.47 Å². The van der Waals surface area contributed by atoms with Crippen molar-refractivity contribution in [2.24, 2.45) is 0 Å². The molecule has 0 spiro atoms. The lowest BCUT2D eigenvalue weighted by Gasteiger charge is -2.20. The second kappa shape index (κ2) is 5.21. The fourth-order valence-electron chi connectivity index (χ4n) is 1.48. The minimum absolute atomic E-state index is 0.125. The summed E-state index contributed by atoms with van der Waals surface area (Å²) in [6.07, 6.45) is -0.562. The van der Waals surface area contributed by atoms with Gasteiger partial charge in [-0.1, -0.05) is 32.9 Å². The zero-order valence-corrected chi connectivity index (χ0v) is 11.1. The van der Waals surface area contributed by atoms with E-state index in [9.17, 15) is 4.79 Å².